The molecule has 2 aromatic rings. The predicted octanol–water partition coefficient (Wildman–Crippen LogP) is 4.83. The van der Waals surface area contributed by atoms with Crippen LogP contribution in [0.15, 0.2) is 36.4 Å². The maximum atomic E-state index is 12.6. The Hall–Kier alpha value is -1.48. The van der Waals surface area contributed by atoms with E-state index in [4.69, 9.17) is 23.2 Å². The van der Waals surface area contributed by atoms with Crippen LogP contribution in [0.1, 0.15) is 22.6 Å². The van der Waals surface area contributed by atoms with Gasteiger partial charge in [-0.15, -0.1) is 0 Å². The van der Waals surface area contributed by atoms with Crippen molar-refractivity contribution in [2.45, 2.75) is 18.0 Å². The smallest absolute Gasteiger partial charge is 0.301 e. The molecule has 0 amide bonds. The molecule has 4 nitrogen and oxygen atoms in total. The normalized spacial score (nSPS) is 18.2. The number of hydrogen-bond donors (Lipinski definition) is 1. The minimum Gasteiger partial charge on any atom is -0.301 e. The van der Waals surface area contributed by atoms with Crippen molar-refractivity contribution in [1.29, 1.82) is 0 Å². The van der Waals surface area contributed by atoms with Crippen LogP contribution < -0.4 is 4.72 Å². The number of hydrogen-bond acceptors (Lipinski definition) is 3. The van der Waals surface area contributed by atoms with E-state index in [0.29, 0.717) is 28.7 Å². The van der Waals surface area contributed by atoms with Crippen LogP contribution in [0.25, 0.3) is 0 Å². The molecule has 0 radical (unpaired) electrons. The van der Waals surface area contributed by atoms with Crippen LogP contribution >= 0.6 is 23.2 Å². The molecule has 0 saturated carbocycles. The van der Waals surface area contributed by atoms with E-state index in [1.54, 1.807) is 22.9 Å². The number of likely N-dealkylation sites (N-methyl/N-ethyl adjacent to an activating group) is 1. The van der Waals surface area contributed by atoms with E-state index in [1.165, 1.54) is 18.2 Å². The van der Waals surface area contributed by atoms with Crippen molar-refractivity contribution < 1.29 is 21.6 Å². The average molecular weight is 439 g/mol. The highest BCUT2D eigenvalue weighted by Crippen LogP contribution is 2.39. The number of sulfonamides is 1. The predicted molar refractivity (Wildman–Crippen MR) is 99.7 cm³/mol. The van der Waals surface area contributed by atoms with E-state index in [0.717, 1.165) is 11.1 Å². The molecule has 0 bridgehead atoms. The average Bonchev–Trinajstić information content (AvgIpc) is 2.54. The second kappa shape index (κ2) is 7.16. The molecule has 2 aromatic carbocycles. The molecule has 0 saturated heterocycles. The SMILES string of the molecule is CN1Cc2c(Cl)cc(Cl)cc2C(c2cccc(NS(=O)(=O)C(F)(F)F)c2)C1. The van der Waals surface area contributed by atoms with E-state index in [-0.39, 0.29) is 11.6 Å². The maximum absolute atomic E-state index is 12.6. The molecule has 3 rings (SSSR count). The molecular formula is C17H15Cl2F3N2O2S. The van der Waals surface area contributed by atoms with Crippen molar-refractivity contribution in [2.24, 2.45) is 0 Å². The lowest BCUT2D eigenvalue weighted by molar-refractivity contribution is -0.0429. The summed E-state index contributed by atoms with van der Waals surface area (Å²) in [5.41, 5.74) is -3.12. The Bertz CT molecular complexity index is 981. The van der Waals surface area contributed by atoms with Crippen molar-refractivity contribution in [2.75, 3.05) is 18.3 Å². The zero-order valence-corrected chi connectivity index (χ0v) is 16.3. The zero-order valence-electron chi connectivity index (χ0n) is 14.0. The maximum Gasteiger partial charge on any atom is 0.516 e. The van der Waals surface area contributed by atoms with E-state index < -0.39 is 15.5 Å². The molecule has 27 heavy (non-hydrogen) atoms. The standard InChI is InChI=1S/C17H15Cl2F3N2O2S/c1-24-8-14(13-6-11(18)7-16(19)15(13)9-24)10-3-2-4-12(5-10)23-27(25,26)17(20,21)22/h2-7,14,23H,8-9H2,1H3. The van der Waals surface area contributed by atoms with Gasteiger partial charge in [0.2, 0.25) is 0 Å². The zero-order chi connectivity index (χ0) is 20.0. The summed E-state index contributed by atoms with van der Waals surface area (Å²) in [4.78, 5) is 2.03. The third kappa shape index (κ3) is 4.18. The Kier molecular flexibility index (Phi) is 5.37. The number of nitrogens with one attached hydrogen (secondary N) is 1. The topological polar surface area (TPSA) is 49.4 Å². The highest BCUT2D eigenvalue weighted by atomic mass is 35.5. The van der Waals surface area contributed by atoms with Gasteiger partial charge in [-0.05, 0) is 48.0 Å². The first-order chi connectivity index (χ1) is 12.5. The van der Waals surface area contributed by atoms with Gasteiger partial charge < -0.3 is 4.90 Å². The molecule has 1 atom stereocenters. The molecular weight excluding hydrogens is 424 g/mol. The summed E-state index contributed by atoms with van der Waals surface area (Å²) < 4.78 is 62.2. The summed E-state index contributed by atoms with van der Waals surface area (Å²) in [5.74, 6) is -0.217. The molecule has 0 aromatic heterocycles. The first-order valence-corrected chi connectivity index (χ1v) is 10.1. The van der Waals surface area contributed by atoms with Gasteiger partial charge in [0, 0.05) is 34.7 Å². The summed E-state index contributed by atoms with van der Waals surface area (Å²) >= 11 is 12.4. The van der Waals surface area contributed by atoms with E-state index in [9.17, 15) is 21.6 Å². The van der Waals surface area contributed by atoms with Crippen molar-refractivity contribution in [3.05, 3.63) is 63.1 Å². The van der Waals surface area contributed by atoms with Crippen molar-refractivity contribution in [1.82, 2.24) is 4.90 Å². The minimum absolute atomic E-state index is 0.160. The second-order valence-corrected chi connectivity index (χ2v) is 8.90. The molecule has 146 valence electrons. The van der Waals surface area contributed by atoms with Gasteiger partial charge in [-0.1, -0.05) is 35.3 Å². The highest BCUT2D eigenvalue weighted by Gasteiger charge is 2.46. The fourth-order valence-corrected chi connectivity index (χ4v) is 4.28. The number of anilines is 1. The van der Waals surface area contributed by atoms with Crippen LogP contribution in [-0.4, -0.2) is 32.4 Å². The summed E-state index contributed by atoms with van der Waals surface area (Å²) in [5, 5.41) is 0.977. The van der Waals surface area contributed by atoms with Crippen LogP contribution in [-0.2, 0) is 16.6 Å². The van der Waals surface area contributed by atoms with Gasteiger partial charge in [0.1, 0.15) is 0 Å². The van der Waals surface area contributed by atoms with E-state index >= 15 is 0 Å². The molecule has 1 aliphatic rings. The Morgan fingerprint density at radius 2 is 1.89 bits per heavy atom. The lowest BCUT2D eigenvalue weighted by atomic mass is 9.84. The fraction of sp³-hybridized carbons (Fsp3) is 0.294. The van der Waals surface area contributed by atoms with E-state index in [2.05, 4.69) is 0 Å². The number of alkyl halides is 3. The van der Waals surface area contributed by atoms with Crippen molar-refractivity contribution in [3.63, 3.8) is 0 Å². The molecule has 0 fully saturated rings. The van der Waals surface area contributed by atoms with Gasteiger partial charge in [0.15, 0.2) is 0 Å². The van der Waals surface area contributed by atoms with Gasteiger partial charge in [-0.3, -0.25) is 4.72 Å². The molecule has 1 aliphatic heterocycles. The molecule has 0 aliphatic carbocycles. The van der Waals surface area contributed by atoms with Gasteiger partial charge in [-0.2, -0.15) is 21.6 Å². The van der Waals surface area contributed by atoms with Gasteiger partial charge in [0.05, 0.1) is 0 Å². The third-order valence-corrected chi connectivity index (χ3v) is 6.01. The lowest BCUT2D eigenvalue weighted by Crippen LogP contribution is -2.31. The number of fused-ring (bicyclic) bond motifs is 1. The molecule has 0 spiro atoms. The summed E-state index contributed by atoms with van der Waals surface area (Å²) in [6, 6.07) is 9.33. The third-order valence-electron chi connectivity index (χ3n) is 4.34. The summed E-state index contributed by atoms with van der Waals surface area (Å²) in [6.45, 7) is 1.20. The summed E-state index contributed by atoms with van der Waals surface area (Å²) in [7, 11) is -3.59. The van der Waals surface area contributed by atoms with Gasteiger partial charge in [0.25, 0.3) is 0 Å². The van der Waals surface area contributed by atoms with Crippen LogP contribution in [0.3, 0.4) is 0 Å². The van der Waals surface area contributed by atoms with Gasteiger partial charge >= 0.3 is 15.5 Å². The van der Waals surface area contributed by atoms with Crippen LogP contribution in [0, 0.1) is 0 Å². The Labute approximate surface area is 164 Å². The number of benzene rings is 2. The van der Waals surface area contributed by atoms with Gasteiger partial charge in [-0.25, -0.2) is 0 Å². The largest absolute Gasteiger partial charge is 0.516 e. The first-order valence-electron chi connectivity index (χ1n) is 7.83. The highest BCUT2D eigenvalue weighted by molar-refractivity contribution is 7.93. The Morgan fingerprint density at radius 3 is 2.56 bits per heavy atom. The number of nitrogens with zero attached hydrogens (tertiary/aromatic N) is 1. The monoisotopic (exact) mass is 438 g/mol. The number of rotatable bonds is 3. The summed E-state index contributed by atoms with van der Waals surface area (Å²) in [6.07, 6.45) is 0. The molecule has 1 heterocycles. The fourth-order valence-electron chi connectivity index (χ4n) is 3.16. The van der Waals surface area contributed by atoms with Crippen molar-refractivity contribution >= 4 is 38.9 Å². The minimum atomic E-state index is -5.49. The van der Waals surface area contributed by atoms with Crippen molar-refractivity contribution in [3.8, 4) is 0 Å². The number of halogens is 5. The van der Waals surface area contributed by atoms with Crippen LogP contribution in [0.2, 0.25) is 10.0 Å². The van der Waals surface area contributed by atoms with Crippen LogP contribution in [0.4, 0.5) is 18.9 Å². The van der Waals surface area contributed by atoms with Crippen LogP contribution in [0.5, 0.6) is 0 Å². The molecule has 1 unspecified atom stereocenters. The lowest BCUT2D eigenvalue weighted by Gasteiger charge is -2.33. The molecule has 10 heteroatoms. The Balaban J connectivity index is 2.02. The molecule has 1 N–H and O–H groups in total. The van der Waals surface area contributed by atoms with E-state index in [1.807, 2.05) is 11.9 Å². The Morgan fingerprint density at radius 1 is 1.19 bits per heavy atom. The first kappa shape index (κ1) is 20.3. The quantitative estimate of drug-likeness (QED) is 0.746. The second-order valence-electron chi connectivity index (χ2n) is 6.38.